The van der Waals surface area contributed by atoms with Crippen LogP contribution in [0.2, 0.25) is 0 Å². The van der Waals surface area contributed by atoms with Crippen LogP contribution in [0.25, 0.3) is 21.9 Å². The first-order valence-corrected chi connectivity index (χ1v) is 9.48. The van der Waals surface area contributed by atoms with E-state index in [0.717, 1.165) is 10.1 Å². The van der Waals surface area contributed by atoms with Crippen LogP contribution in [0.4, 0.5) is 24.8 Å². The third-order valence-corrected chi connectivity index (χ3v) is 4.72. The van der Waals surface area contributed by atoms with Crippen molar-refractivity contribution in [3.05, 3.63) is 36.2 Å². The summed E-state index contributed by atoms with van der Waals surface area (Å²) < 4.78 is 48.4. The molecule has 11 heteroatoms. The summed E-state index contributed by atoms with van der Waals surface area (Å²) in [6.45, 7) is -0.528. The summed E-state index contributed by atoms with van der Waals surface area (Å²) >= 11 is 0. The molecule has 0 atom stereocenters. The van der Waals surface area contributed by atoms with E-state index < -0.39 is 12.7 Å². The Morgan fingerprint density at radius 1 is 1.19 bits per heavy atom. The summed E-state index contributed by atoms with van der Waals surface area (Å²) in [5, 5.41) is 7.73. The number of aryl methyl sites for hydroxylation is 1. The van der Waals surface area contributed by atoms with Gasteiger partial charge in [0.15, 0.2) is 0 Å². The molecule has 0 saturated heterocycles. The monoisotopic (exact) mass is 433 g/mol. The Hall–Kier alpha value is -3.34. The maximum atomic E-state index is 13.4. The number of ether oxygens (including phenoxy) is 1. The Labute approximate surface area is 176 Å². The number of hydrogen-bond acceptors (Lipinski definition) is 6. The first-order valence-electron chi connectivity index (χ1n) is 9.48. The van der Waals surface area contributed by atoms with Gasteiger partial charge >= 0.3 is 6.18 Å². The van der Waals surface area contributed by atoms with E-state index >= 15 is 0 Å². The van der Waals surface area contributed by atoms with E-state index in [9.17, 15) is 13.2 Å². The number of methoxy groups -OCH3 is 1. The molecule has 0 amide bonds. The van der Waals surface area contributed by atoms with Crippen LogP contribution in [0.15, 0.2) is 30.6 Å². The summed E-state index contributed by atoms with van der Waals surface area (Å²) in [5.41, 5.74) is 2.62. The highest BCUT2D eigenvalue weighted by Crippen LogP contribution is 2.36. The average molecular weight is 433 g/mol. The van der Waals surface area contributed by atoms with Crippen LogP contribution in [-0.2, 0) is 20.1 Å². The standard InChI is InChI=1S/C20H22F3N7O/c1-28(2)9-12-5-6-15-14(7-12)16-17(30(15)11-20(21,22)23)18(31-4)27-19(26-16)25-13-8-24-29(3)10-13/h5-8,10H,9,11H2,1-4H3,(H,25,26,27). The van der Waals surface area contributed by atoms with Gasteiger partial charge in [0.05, 0.1) is 24.5 Å². The maximum Gasteiger partial charge on any atom is 0.406 e. The van der Waals surface area contributed by atoms with Gasteiger partial charge in [-0.15, -0.1) is 0 Å². The summed E-state index contributed by atoms with van der Waals surface area (Å²) in [6.07, 6.45) is -1.08. The van der Waals surface area contributed by atoms with Crippen molar-refractivity contribution in [1.82, 2.24) is 29.2 Å². The molecule has 4 aromatic rings. The zero-order valence-corrected chi connectivity index (χ0v) is 17.5. The van der Waals surface area contributed by atoms with Crippen molar-refractivity contribution in [2.75, 3.05) is 26.5 Å². The quantitative estimate of drug-likeness (QED) is 0.500. The first kappa shape index (κ1) is 20.9. The minimum absolute atomic E-state index is 0.0611. The van der Waals surface area contributed by atoms with Gasteiger partial charge in [0, 0.05) is 25.2 Å². The maximum absolute atomic E-state index is 13.4. The summed E-state index contributed by atoms with van der Waals surface area (Å²) in [4.78, 5) is 10.8. The van der Waals surface area contributed by atoms with Gasteiger partial charge in [-0.05, 0) is 31.8 Å². The SMILES string of the molecule is COc1nc(Nc2cnn(C)c2)nc2c3cc(CN(C)C)ccc3n(CC(F)(F)F)c12. The van der Waals surface area contributed by atoms with Crippen molar-refractivity contribution in [3.8, 4) is 5.88 Å². The molecule has 0 spiro atoms. The van der Waals surface area contributed by atoms with E-state index in [1.165, 1.54) is 7.11 Å². The van der Waals surface area contributed by atoms with Gasteiger partial charge in [0.2, 0.25) is 11.8 Å². The van der Waals surface area contributed by atoms with Crippen LogP contribution in [0, 0.1) is 0 Å². The molecular formula is C20H22F3N7O. The molecular weight excluding hydrogens is 411 g/mol. The highest BCUT2D eigenvalue weighted by Gasteiger charge is 2.31. The number of fused-ring (bicyclic) bond motifs is 3. The van der Waals surface area contributed by atoms with Gasteiger partial charge in [-0.2, -0.15) is 23.3 Å². The fraction of sp³-hybridized carbons (Fsp3) is 0.350. The average Bonchev–Trinajstić information content (AvgIpc) is 3.21. The Balaban J connectivity index is 1.96. The van der Waals surface area contributed by atoms with Crippen LogP contribution in [0.3, 0.4) is 0 Å². The highest BCUT2D eigenvalue weighted by atomic mass is 19.4. The molecule has 4 rings (SSSR count). The molecule has 0 fully saturated rings. The number of nitrogens with zero attached hydrogens (tertiary/aromatic N) is 6. The Bertz CT molecular complexity index is 1240. The van der Waals surface area contributed by atoms with E-state index in [0.29, 0.717) is 28.7 Å². The van der Waals surface area contributed by atoms with Crippen LogP contribution in [0.5, 0.6) is 5.88 Å². The predicted molar refractivity (Wildman–Crippen MR) is 112 cm³/mol. The van der Waals surface area contributed by atoms with Crippen molar-refractivity contribution >= 4 is 33.6 Å². The largest absolute Gasteiger partial charge is 0.479 e. The second-order valence-corrected chi connectivity index (χ2v) is 7.57. The number of rotatable bonds is 6. The number of benzene rings is 1. The lowest BCUT2D eigenvalue weighted by Gasteiger charge is -2.13. The van der Waals surface area contributed by atoms with E-state index in [1.54, 1.807) is 30.2 Å². The normalized spacial score (nSPS) is 12.3. The van der Waals surface area contributed by atoms with Crippen molar-refractivity contribution < 1.29 is 17.9 Å². The minimum atomic E-state index is -4.42. The second kappa shape index (κ2) is 7.73. The molecule has 0 radical (unpaired) electrons. The van der Waals surface area contributed by atoms with Crippen LogP contribution in [-0.4, -0.2) is 56.6 Å². The Morgan fingerprint density at radius 2 is 1.97 bits per heavy atom. The molecule has 0 aliphatic carbocycles. The van der Waals surface area contributed by atoms with Gasteiger partial charge in [0.25, 0.3) is 0 Å². The highest BCUT2D eigenvalue weighted by molar-refractivity contribution is 6.08. The van der Waals surface area contributed by atoms with Crippen LogP contribution < -0.4 is 10.1 Å². The van der Waals surface area contributed by atoms with Gasteiger partial charge in [-0.25, -0.2) is 4.98 Å². The third-order valence-electron chi connectivity index (χ3n) is 4.72. The molecule has 1 aromatic carbocycles. The van der Waals surface area contributed by atoms with E-state index in [4.69, 9.17) is 4.74 Å². The minimum Gasteiger partial charge on any atom is -0.479 e. The number of aromatic nitrogens is 5. The fourth-order valence-electron chi connectivity index (χ4n) is 3.61. The van der Waals surface area contributed by atoms with E-state index in [2.05, 4.69) is 20.4 Å². The van der Waals surface area contributed by atoms with Crippen LogP contribution >= 0.6 is 0 Å². The first-order chi connectivity index (χ1) is 14.6. The summed E-state index contributed by atoms with van der Waals surface area (Å²) in [6, 6.07) is 5.38. The van der Waals surface area contributed by atoms with Gasteiger partial charge in [-0.1, -0.05) is 6.07 Å². The third kappa shape index (κ3) is 4.26. The molecule has 0 bridgehead atoms. The number of halogens is 3. The molecule has 0 aliphatic heterocycles. The molecule has 8 nitrogen and oxygen atoms in total. The van der Waals surface area contributed by atoms with E-state index in [-0.39, 0.29) is 17.3 Å². The Kier molecular flexibility index (Phi) is 5.21. The molecule has 31 heavy (non-hydrogen) atoms. The van der Waals surface area contributed by atoms with Gasteiger partial charge in [0.1, 0.15) is 17.6 Å². The van der Waals surface area contributed by atoms with E-state index in [1.807, 2.05) is 31.1 Å². The number of alkyl halides is 3. The second-order valence-electron chi connectivity index (χ2n) is 7.57. The number of anilines is 2. The smallest absolute Gasteiger partial charge is 0.406 e. The van der Waals surface area contributed by atoms with Gasteiger partial charge in [-0.3, -0.25) is 4.68 Å². The lowest BCUT2D eigenvalue weighted by atomic mass is 10.1. The zero-order valence-electron chi connectivity index (χ0n) is 17.5. The molecule has 3 aromatic heterocycles. The molecule has 164 valence electrons. The van der Waals surface area contributed by atoms with Crippen LogP contribution in [0.1, 0.15) is 5.56 Å². The molecule has 0 aliphatic rings. The molecule has 3 heterocycles. The van der Waals surface area contributed by atoms with Crippen molar-refractivity contribution in [1.29, 1.82) is 0 Å². The van der Waals surface area contributed by atoms with Gasteiger partial charge < -0.3 is 19.5 Å². The summed E-state index contributed by atoms with van der Waals surface area (Å²) in [7, 11) is 7.01. The fourth-order valence-corrected chi connectivity index (χ4v) is 3.61. The van der Waals surface area contributed by atoms with Crippen molar-refractivity contribution in [2.24, 2.45) is 7.05 Å². The number of hydrogen-bond donors (Lipinski definition) is 1. The zero-order chi connectivity index (χ0) is 22.3. The lowest BCUT2D eigenvalue weighted by molar-refractivity contribution is -0.139. The molecule has 0 saturated carbocycles. The number of nitrogens with one attached hydrogen (secondary N) is 1. The summed E-state index contributed by atoms with van der Waals surface area (Å²) in [5.74, 6) is 0.271. The lowest BCUT2D eigenvalue weighted by Crippen LogP contribution is -2.18. The molecule has 1 N–H and O–H groups in total. The molecule has 0 unspecified atom stereocenters. The Morgan fingerprint density at radius 3 is 2.58 bits per heavy atom. The van der Waals surface area contributed by atoms with Crippen molar-refractivity contribution in [3.63, 3.8) is 0 Å². The predicted octanol–water partition coefficient (Wildman–Crippen LogP) is 3.69. The van der Waals surface area contributed by atoms with Crippen molar-refractivity contribution in [2.45, 2.75) is 19.3 Å². The topological polar surface area (TPSA) is 73.0 Å².